The molecule has 2 aromatic rings. The summed E-state index contributed by atoms with van der Waals surface area (Å²) in [6, 6.07) is 12.5. The number of amides is 1. The van der Waals surface area contributed by atoms with Crippen LogP contribution in [0.2, 0.25) is 5.02 Å². The Labute approximate surface area is 151 Å². The van der Waals surface area contributed by atoms with E-state index in [2.05, 4.69) is 0 Å². The number of benzene rings is 2. The SMILES string of the molecule is O=C(Cc1c(F)cccc1Cl)N1CCC(S(=O)(=O)c2ccccc2)C1. The van der Waals surface area contributed by atoms with Crippen LogP contribution >= 0.6 is 11.6 Å². The van der Waals surface area contributed by atoms with Crippen molar-refractivity contribution in [1.82, 2.24) is 4.90 Å². The maximum Gasteiger partial charge on any atom is 0.227 e. The number of rotatable bonds is 4. The summed E-state index contributed by atoms with van der Waals surface area (Å²) in [6.07, 6.45) is 0.192. The summed E-state index contributed by atoms with van der Waals surface area (Å²) in [6.45, 7) is 0.448. The molecule has 3 rings (SSSR count). The number of sulfone groups is 1. The zero-order chi connectivity index (χ0) is 18.0. The van der Waals surface area contributed by atoms with E-state index in [0.717, 1.165) is 0 Å². The lowest BCUT2D eigenvalue weighted by Crippen LogP contribution is -2.33. The molecular weight excluding hydrogens is 365 g/mol. The highest BCUT2D eigenvalue weighted by Crippen LogP contribution is 2.25. The monoisotopic (exact) mass is 381 g/mol. The molecule has 0 saturated carbocycles. The molecule has 4 nitrogen and oxygen atoms in total. The molecule has 1 saturated heterocycles. The number of carbonyl (C=O) groups is 1. The third kappa shape index (κ3) is 3.70. The molecule has 25 heavy (non-hydrogen) atoms. The Morgan fingerprint density at radius 3 is 2.56 bits per heavy atom. The normalized spacial score (nSPS) is 17.7. The van der Waals surface area contributed by atoms with E-state index in [-0.39, 0.29) is 34.4 Å². The fourth-order valence-corrected chi connectivity index (χ4v) is 4.92. The first-order valence-corrected chi connectivity index (χ1v) is 9.81. The van der Waals surface area contributed by atoms with Gasteiger partial charge >= 0.3 is 0 Å². The zero-order valence-electron chi connectivity index (χ0n) is 13.4. The molecule has 2 aromatic carbocycles. The Bertz CT molecular complexity index is 866. The average Bonchev–Trinajstić information content (AvgIpc) is 3.10. The second-order valence-electron chi connectivity index (χ2n) is 5.99. The van der Waals surface area contributed by atoms with Gasteiger partial charge < -0.3 is 4.90 Å². The number of hydrogen-bond acceptors (Lipinski definition) is 3. The topological polar surface area (TPSA) is 54.5 Å². The molecule has 1 aliphatic heterocycles. The molecule has 7 heteroatoms. The van der Waals surface area contributed by atoms with Gasteiger partial charge in [0.25, 0.3) is 0 Å². The molecule has 132 valence electrons. The van der Waals surface area contributed by atoms with Crippen LogP contribution < -0.4 is 0 Å². The standard InChI is InChI=1S/C18H17ClFNO3S/c19-16-7-4-8-17(20)15(16)11-18(22)21-10-9-14(12-21)25(23,24)13-5-2-1-3-6-13/h1-8,14H,9-12H2. The van der Waals surface area contributed by atoms with Gasteiger partial charge in [-0.2, -0.15) is 0 Å². The Hall–Kier alpha value is -1.92. The Kier molecular flexibility index (Phi) is 5.11. The molecule has 0 spiro atoms. The van der Waals surface area contributed by atoms with Crippen molar-refractivity contribution in [3.63, 3.8) is 0 Å². The van der Waals surface area contributed by atoms with Crippen molar-refractivity contribution in [2.45, 2.75) is 23.0 Å². The fourth-order valence-electron chi connectivity index (χ4n) is 2.97. The smallest absolute Gasteiger partial charge is 0.227 e. The molecule has 1 heterocycles. The van der Waals surface area contributed by atoms with Crippen molar-refractivity contribution in [2.75, 3.05) is 13.1 Å². The number of likely N-dealkylation sites (tertiary alicyclic amines) is 1. The Morgan fingerprint density at radius 2 is 1.88 bits per heavy atom. The summed E-state index contributed by atoms with van der Waals surface area (Å²) in [7, 11) is -3.49. The third-order valence-corrected chi connectivity index (χ3v) is 6.94. The van der Waals surface area contributed by atoms with Gasteiger partial charge in [-0.3, -0.25) is 4.79 Å². The van der Waals surface area contributed by atoms with Gasteiger partial charge in [0.2, 0.25) is 5.91 Å². The molecule has 1 aliphatic rings. The molecule has 1 atom stereocenters. The van der Waals surface area contributed by atoms with Crippen LogP contribution in [-0.2, 0) is 21.1 Å². The van der Waals surface area contributed by atoms with Gasteiger partial charge in [-0.05, 0) is 30.7 Å². The van der Waals surface area contributed by atoms with Crippen molar-refractivity contribution in [3.05, 3.63) is 64.9 Å². The second-order valence-corrected chi connectivity index (χ2v) is 8.62. The lowest BCUT2D eigenvalue weighted by Gasteiger charge is -2.17. The quantitative estimate of drug-likeness (QED) is 0.817. The van der Waals surface area contributed by atoms with E-state index in [4.69, 9.17) is 11.6 Å². The number of halogens is 2. The Morgan fingerprint density at radius 1 is 1.16 bits per heavy atom. The molecule has 0 bridgehead atoms. The summed E-state index contributed by atoms with van der Waals surface area (Å²) in [5, 5.41) is -0.448. The van der Waals surface area contributed by atoms with Gasteiger partial charge in [-0.25, -0.2) is 12.8 Å². The minimum Gasteiger partial charge on any atom is -0.341 e. The highest BCUT2D eigenvalue weighted by molar-refractivity contribution is 7.92. The predicted octanol–water partition coefficient (Wildman–Crippen LogP) is 3.10. The van der Waals surface area contributed by atoms with Crippen LogP contribution in [0, 0.1) is 5.82 Å². The molecule has 1 unspecified atom stereocenters. The minimum absolute atomic E-state index is 0.113. The number of nitrogens with zero attached hydrogens (tertiary/aromatic N) is 1. The first kappa shape index (κ1) is 17.9. The molecular formula is C18H17ClFNO3S. The fraction of sp³-hybridized carbons (Fsp3) is 0.278. The summed E-state index contributed by atoms with van der Waals surface area (Å²) >= 11 is 5.95. The molecule has 0 radical (unpaired) electrons. The van der Waals surface area contributed by atoms with Gasteiger partial charge in [0.15, 0.2) is 9.84 Å². The maximum absolute atomic E-state index is 13.8. The number of carbonyl (C=O) groups excluding carboxylic acids is 1. The largest absolute Gasteiger partial charge is 0.341 e. The lowest BCUT2D eigenvalue weighted by molar-refractivity contribution is -0.129. The summed E-state index contributed by atoms with van der Waals surface area (Å²) in [5.41, 5.74) is 0.142. The zero-order valence-corrected chi connectivity index (χ0v) is 14.9. The summed E-state index contributed by atoms with van der Waals surface area (Å²) < 4.78 is 39.1. The Balaban J connectivity index is 1.72. The van der Waals surface area contributed by atoms with Crippen LogP contribution in [0.4, 0.5) is 4.39 Å². The van der Waals surface area contributed by atoms with Crippen molar-refractivity contribution in [1.29, 1.82) is 0 Å². The molecule has 0 aliphatic carbocycles. The van der Waals surface area contributed by atoms with E-state index in [0.29, 0.717) is 13.0 Å². The van der Waals surface area contributed by atoms with Gasteiger partial charge in [0.05, 0.1) is 16.6 Å². The molecule has 0 N–H and O–H groups in total. The van der Waals surface area contributed by atoms with Crippen molar-refractivity contribution in [3.8, 4) is 0 Å². The van der Waals surface area contributed by atoms with Crippen LogP contribution in [-0.4, -0.2) is 37.6 Å². The van der Waals surface area contributed by atoms with E-state index in [9.17, 15) is 17.6 Å². The molecule has 1 amide bonds. The molecule has 1 fully saturated rings. The van der Waals surface area contributed by atoms with Gasteiger partial charge in [0, 0.05) is 23.7 Å². The van der Waals surface area contributed by atoms with E-state index in [1.807, 2.05) is 0 Å². The van der Waals surface area contributed by atoms with E-state index < -0.39 is 20.9 Å². The summed E-state index contributed by atoms with van der Waals surface area (Å²) in [5.74, 6) is -0.855. The first-order valence-electron chi connectivity index (χ1n) is 7.89. The predicted molar refractivity (Wildman–Crippen MR) is 93.7 cm³/mol. The van der Waals surface area contributed by atoms with Crippen LogP contribution in [0.5, 0.6) is 0 Å². The number of hydrogen-bond donors (Lipinski definition) is 0. The first-order chi connectivity index (χ1) is 11.9. The highest BCUT2D eigenvalue weighted by Gasteiger charge is 2.36. The van der Waals surface area contributed by atoms with Gasteiger partial charge in [-0.1, -0.05) is 35.9 Å². The minimum atomic E-state index is -3.49. The second kappa shape index (κ2) is 7.14. The van der Waals surface area contributed by atoms with Crippen LogP contribution in [0.15, 0.2) is 53.4 Å². The molecule has 0 aromatic heterocycles. The van der Waals surface area contributed by atoms with Crippen LogP contribution in [0.25, 0.3) is 0 Å². The van der Waals surface area contributed by atoms with Gasteiger partial charge in [-0.15, -0.1) is 0 Å². The summed E-state index contributed by atoms with van der Waals surface area (Å²) in [4.78, 5) is 14.2. The average molecular weight is 382 g/mol. The van der Waals surface area contributed by atoms with Crippen molar-refractivity contribution < 1.29 is 17.6 Å². The van der Waals surface area contributed by atoms with Crippen LogP contribution in [0.1, 0.15) is 12.0 Å². The van der Waals surface area contributed by atoms with E-state index >= 15 is 0 Å². The maximum atomic E-state index is 13.8. The van der Waals surface area contributed by atoms with Crippen LogP contribution in [0.3, 0.4) is 0 Å². The van der Waals surface area contributed by atoms with E-state index in [1.165, 1.54) is 23.1 Å². The third-order valence-electron chi connectivity index (χ3n) is 4.40. The highest BCUT2D eigenvalue weighted by atomic mass is 35.5. The lowest BCUT2D eigenvalue weighted by atomic mass is 10.1. The van der Waals surface area contributed by atoms with Crippen molar-refractivity contribution >= 4 is 27.3 Å². The van der Waals surface area contributed by atoms with E-state index in [1.54, 1.807) is 30.3 Å². The van der Waals surface area contributed by atoms with Gasteiger partial charge in [0.1, 0.15) is 5.82 Å². The van der Waals surface area contributed by atoms with Crippen molar-refractivity contribution in [2.24, 2.45) is 0 Å².